The zero-order chi connectivity index (χ0) is 17.2. The molecule has 6 nitrogen and oxygen atoms in total. The minimum absolute atomic E-state index is 0.0536. The van der Waals surface area contributed by atoms with Gasteiger partial charge in [0.15, 0.2) is 0 Å². The Morgan fingerprint density at radius 2 is 1.78 bits per heavy atom. The number of benzene rings is 2. The van der Waals surface area contributed by atoms with Gasteiger partial charge in [0.2, 0.25) is 10.0 Å². The fourth-order valence-electron chi connectivity index (χ4n) is 1.91. The van der Waals surface area contributed by atoms with Gasteiger partial charge in [-0.05, 0) is 24.3 Å². The Bertz CT molecular complexity index is 836. The highest BCUT2D eigenvalue weighted by atomic mass is 35.5. The zero-order valence-electron chi connectivity index (χ0n) is 12.4. The minimum Gasteiger partial charge on any atom is -0.478 e. The average molecular weight is 355 g/mol. The van der Waals surface area contributed by atoms with Crippen LogP contribution in [0.3, 0.4) is 0 Å². The second-order valence-corrected chi connectivity index (χ2v) is 7.44. The van der Waals surface area contributed by atoms with Gasteiger partial charge < -0.3 is 10.4 Å². The maximum atomic E-state index is 12.2. The molecule has 8 heteroatoms. The molecule has 0 unspecified atom stereocenters. The van der Waals surface area contributed by atoms with E-state index < -0.39 is 16.0 Å². The van der Waals surface area contributed by atoms with Gasteiger partial charge in [-0.15, -0.1) is 0 Å². The Morgan fingerprint density at radius 1 is 1.17 bits per heavy atom. The van der Waals surface area contributed by atoms with E-state index in [1.807, 2.05) is 6.07 Å². The van der Waals surface area contributed by atoms with Crippen LogP contribution in [0.4, 0.5) is 11.4 Å². The number of carbonyl (C=O) groups is 1. The Balaban J connectivity index is 2.58. The molecular formula is C15H15ClN2O4S. The van der Waals surface area contributed by atoms with Crippen LogP contribution in [0.15, 0.2) is 47.4 Å². The molecule has 0 saturated heterocycles. The van der Waals surface area contributed by atoms with Crippen molar-refractivity contribution in [3.05, 3.63) is 53.1 Å². The maximum Gasteiger partial charge on any atom is 0.337 e. The van der Waals surface area contributed by atoms with Crippen LogP contribution in [-0.2, 0) is 10.0 Å². The second-order valence-electron chi connectivity index (χ2n) is 4.91. The number of nitrogens with zero attached hydrogens (tertiary/aromatic N) is 1. The molecule has 0 bridgehead atoms. The number of halogens is 1. The molecular weight excluding hydrogens is 340 g/mol. The number of carboxylic acid groups (broad SMARTS) is 1. The molecule has 0 heterocycles. The lowest BCUT2D eigenvalue weighted by Gasteiger charge is -2.16. The quantitative estimate of drug-likeness (QED) is 0.861. The standard InChI is InChI=1S/C15H15ClN2O4S/c1-18(2)23(21,22)14-8-11(15(19)20)13(9-12(14)16)17-10-6-4-3-5-7-10/h3-9,17H,1-2H3,(H,19,20). The molecule has 0 amide bonds. The Hall–Kier alpha value is -2.09. The van der Waals surface area contributed by atoms with Crippen molar-refractivity contribution in [3.63, 3.8) is 0 Å². The van der Waals surface area contributed by atoms with E-state index in [2.05, 4.69) is 5.32 Å². The van der Waals surface area contributed by atoms with Crippen LogP contribution in [0.1, 0.15) is 10.4 Å². The number of para-hydroxylation sites is 1. The van der Waals surface area contributed by atoms with Crippen LogP contribution in [0.2, 0.25) is 5.02 Å². The number of rotatable bonds is 5. The summed E-state index contributed by atoms with van der Waals surface area (Å²) in [7, 11) is -1.14. The Kier molecular flexibility index (Phi) is 4.93. The molecule has 0 saturated carbocycles. The number of anilines is 2. The van der Waals surface area contributed by atoms with Gasteiger partial charge in [-0.25, -0.2) is 17.5 Å². The average Bonchev–Trinajstić information content (AvgIpc) is 2.47. The second kappa shape index (κ2) is 6.57. The first-order chi connectivity index (χ1) is 10.7. The smallest absolute Gasteiger partial charge is 0.337 e. The first kappa shape index (κ1) is 17.3. The molecule has 0 radical (unpaired) electrons. The molecule has 2 aromatic rings. The van der Waals surface area contributed by atoms with Crippen molar-refractivity contribution in [2.45, 2.75) is 4.90 Å². The molecule has 0 aliphatic heterocycles. The largest absolute Gasteiger partial charge is 0.478 e. The van der Waals surface area contributed by atoms with E-state index in [9.17, 15) is 18.3 Å². The molecule has 2 N–H and O–H groups in total. The summed E-state index contributed by atoms with van der Waals surface area (Å²) in [5.41, 5.74) is 0.694. The number of nitrogens with one attached hydrogen (secondary N) is 1. The van der Waals surface area contributed by atoms with Crippen LogP contribution in [0.5, 0.6) is 0 Å². The molecule has 122 valence electrons. The van der Waals surface area contributed by atoms with Gasteiger partial charge in [-0.1, -0.05) is 29.8 Å². The lowest BCUT2D eigenvalue weighted by molar-refractivity contribution is 0.0697. The molecule has 0 aliphatic carbocycles. The van der Waals surface area contributed by atoms with Crippen LogP contribution < -0.4 is 5.32 Å². The predicted molar refractivity (Wildman–Crippen MR) is 89.0 cm³/mol. The number of aromatic carboxylic acids is 1. The monoisotopic (exact) mass is 354 g/mol. The molecule has 0 aromatic heterocycles. The number of sulfonamides is 1. The highest BCUT2D eigenvalue weighted by Gasteiger charge is 2.24. The van der Waals surface area contributed by atoms with E-state index >= 15 is 0 Å². The zero-order valence-corrected chi connectivity index (χ0v) is 14.0. The number of hydrogen-bond donors (Lipinski definition) is 2. The van der Waals surface area contributed by atoms with Crippen molar-refractivity contribution in [2.24, 2.45) is 0 Å². The molecule has 0 fully saturated rings. The molecule has 0 spiro atoms. The van der Waals surface area contributed by atoms with E-state index in [-0.39, 0.29) is 21.2 Å². The lowest BCUT2D eigenvalue weighted by atomic mass is 10.1. The third-order valence-electron chi connectivity index (χ3n) is 3.11. The highest BCUT2D eigenvalue weighted by Crippen LogP contribution is 2.31. The Labute approximate surface area is 139 Å². The molecule has 0 atom stereocenters. The van der Waals surface area contributed by atoms with Crippen molar-refractivity contribution in [2.75, 3.05) is 19.4 Å². The van der Waals surface area contributed by atoms with E-state index in [1.54, 1.807) is 24.3 Å². The van der Waals surface area contributed by atoms with Crippen molar-refractivity contribution >= 4 is 39.0 Å². The molecule has 2 aromatic carbocycles. The van der Waals surface area contributed by atoms with Crippen molar-refractivity contribution in [1.29, 1.82) is 0 Å². The highest BCUT2D eigenvalue weighted by molar-refractivity contribution is 7.89. The minimum atomic E-state index is -3.84. The van der Waals surface area contributed by atoms with Crippen LogP contribution in [0.25, 0.3) is 0 Å². The third-order valence-corrected chi connectivity index (χ3v) is 5.39. The van der Waals surface area contributed by atoms with Gasteiger partial charge in [-0.3, -0.25) is 0 Å². The summed E-state index contributed by atoms with van der Waals surface area (Å²) in [6.45, 7) is 0. The van der Waals surface area contributed by atoms with Crippen LogP contribution >= 0.6 is 11.6 Å². The first-order valence-electron chi connectivity index (χ1n) is 6.55. The van der Waals surface area contributed by atoms with Crippen molar-refractivity contribution in [3.8, 4) is 0 Å². The summed E-state index contributed by atoms with van der Waals surface area (Å²) in [5.74, 6) is -1.25. The summed E-state index contributed by atoms with van der Waals surface area (Å²) >= 11 is 6.06. The summed E-state index contributed by atoms with van der Waals surface area (Å²) in [4.78, 5) is 11.2. The predicted octanol–water partition coefficient (Wildman–Crippen LogP) is 3.03. The molecule has 2 rings (SSSR count). The first-order valence-corrected chi connectivity index (χ1v) is 8.36. The van der Waals surface area contributed by atoms with Gasteiger partial charge in [0.05, 0.1) is 16.3 Å². The summed E-state index contributed by atoms with van der Waals surface area (Å²) in [6, 6.07) is 11.3. The molecule has 23 heavy (non-hydrogen) atoms. The van der Waals surface area contributed by atoms with Crippen molar-refractivity contribution in [1.82, 2.24) is 4.31 Å². The topological polar surface area (TPSA) is 86.7 Å². The maximum absolute atomic E-state index is 12.2. The normalized spacial score (nSPS) is 11.5. The summed E-state index contributed by atoms with van der Waals surface area (Å²) < 4.78 is 25.4. The number of carboxylic acids is 1. The number of hydrogen-bond acceptors (Lipinski definition) is 4. The van der Waals surface area contributed by atoms with E-state index in [1.165, 1.54) is 20.2 Å². The van der Waals surface area contributed by atoms with E-state index in [0.717, 1.165) is 10.4 Å². The fraction of sp³-hybridized carbons (Fsp3) is 0.133. The van der Waals surface area contributed by atoms with Gasteiger partial charge in [0.25, 0.3) is 0 Å². The van der Waals surface area contributed by atoms with Crippen molar-refractivity contribution < 1.29 is 18.3 Å². The fourth-order valence-corrected chi connectivity index (χ4v) is 3.33. The van der Waals surface area contributed by atoms with Crippen LogP contribution in [0, 0.1) is 0 Å². The van der Waals surface area contributed by atoms with Gasteiger partial charge >= 0.3 is 5.97 Å². The Morgan fingerprint density at radius 3 is 2.30 bits per heavy atom. The lowest BCUT2D eigenvalue weighted by Crippen LogP contribution is -2.23. The van der Waals surface area contributed by atoms with Gasteiger partial charge in [0, 0.05) is 19.8 Å². The third kappa shape index (κ3) is 3.64. The van der Waals surface area contributed by atoms with Gasteiger partial charge in [0.1, 0.15) is 4.90 Å². The molecule has 0 aliphatic rings. The van der Waals surface area contributed by atoms with E-state index in [4.69, 9.17) is 11.6 Å². The van der Waals surface area contributed by atoms with Gasteiger partial charge in [-0.2, -0.15) is 0 Å². The van der Waals surface area contributed by atoms with E-state index in [0.29, 0.717) is 5.69 Å². The summed E-state index contributed by atoms with van der Waals surface area (Å²) in [6.07, 6.45) is 0. The summed E-state index contributed by atoms with van der Waals surface area (Å²) in [5, 5.41) is 12.2. The van der Waals surface area contributed by atoms with Crippen LogP contribution in [-0.4, -0.2) is 37.9 Å². The SMILES string of the molecule is CN(C)S(=O)(=O)c1cc(C(=O)O)c(Nc2ccccc2)cc1Cl.